The molecule has 0 unspecified atom stereocenters. The average Bonchev–Trinajstić information content (AvgIpc) is 2.45. The minimum absolute atomic E-state index is 0.227. The molecule has 20 heavy (non-hydrogen) atoms. The summed E-state index contributed by atoms with van der Waals surface area (Å²) in [4.78, 5) is 0. The first kappa shape index (κ1) is 17.0. The minimum Gasteiger partial charge on any atom is -0.505 e. The third-order valence-electron chi connectivity index (χ3n) is 3.86. The van der Waals surface area contributed by atoms with Gasteiger partial charge < -0.3 is 5.11 Å². The number of phenolic OH excluding ortho intramolecular Hbond substituents is 1. The van der Waals surface area contributed by atoms with Crippen molar-refractivity contribution in [2.45, 2.75) is 77.6 Å². The van der Waals surface area contributed by atoms with E-state index in [0.29, 0.717) is 5.56 Å². The number of aromatic hydroxyl groups is 1. The fourth-order valence-corrected chi connectivity index (χ4v) is 2.56. The molecule has 0 bridgehead atoms. The summed E-state index contributed by atoms with van der Waals surface area (Å²) in [6.45, 7) is 2.25. The van der Waals surface area contributed by atoms with E-state index in [1.165, 1.54) is 57.4 Å². The number of phenols is 1. The van der Waals surface area contributed by atoms with Crippen LogP contribution in [-0.2, 0) is 6.42 Å². The van der Waals surface area contributed by atoms with Gasteiger partial charge in [-0.25, -0.2) is 4.39 Å². The molecule has 1 rings (SSSR count). The molecule has 0 fully saturated rings. The van der Waals surface area contributed by atoms with Gasteiger partial charge in [-0.3, -0.25) is 0 Å². The number of unbranched alkanes of at least 4 members (excludes halogenated alkanes) is 9. The Hall–Kier alpha value is -1.05. The van der Waals surface area contributed by atoms with Crippen molar-refractivity contribution in [1.82, 2.24) is 0 Å². The SMILES string of the molecule is CCCCCCCCCCCCc1cccc(O)c1F. The van der Waals surface area contributed by atoms with Crippen LogP contribution >= 0.6 is 0 Å². The molecule has 1 aromatic carbocycles. The highest BCUT2D eigenvalue weighted by Gasteiger charge is 2.05. The van der Waals surface area contributed by atoms with Crippen molar-refractivity contribution in [1.29, 1.82) is 0 Å². The van der Waals surface area contributed by atoms with Crippen molar-refractivity contribution in [2.75, 3.05) is 0 Å². The van der Waals surface area contributed by atoms with E-state index in [9.17, 15) is 9.50 Å². The monoisotopic (exact) mass is 280 g/mol. The lowest BCUT2D eigenvalue weighted by Gasteiger charge is -2.05. The number of aryl methyl sites for hydroxylation is 1. The van der Waals surface area contributed by atoms with Crippen LogP contribution in [0.1, 0.15) is 76.7 Å². The van der Waals surface area contributed by atoms with E-state index in [-0.39, 0.29) is 5.75 Å². The zero-order chi connectivity index (χ0) is 14.6. The Morgan fingerprint density at radius 3 is 2.00 bits per heavy atom. The van der Waals surface area contributed by atoms with Crippen molar-refractivity contribution in [3.8, 4) is 5.75 Å². The summed E-state index contributed by atoms with van der Waals surface area (Å²) in [6, 6.07) is 4.88. The summed E-state index contributed by atoms with van der Waals surface area (Å²) >= 11 is 0. The van der Waals surface area contributed by atoms with Crippen molar-refractivity contribution in [2.24, 2.45) is 0 Å². The minimum atomic E-state index is -0.441. The van der Waals surface area contributed by atoms with Gasteiger partial charge >= 0.3 is 0 Å². The van der Waals surface area contributed by atoms with Gasteiger partial charge in [-0.2, -0.15) is 0 Å². The van der Waals surface area contributed by atoms with Gasteiger partial charge in [-0.1, -0.05) is 76.8 Å². The molecule has 0 aliphatic carbocycles. The lowest BCUT2D eigenvalue weighted by atomic mass is 10.0. The molecular formula is C18H29FO. The molecule has 0 saturated carbocycles. The second kappa shape index (κ2) is 10.7. The zero-order valence-corrected chi connectivity index (χ0v) is 12.8. The van der Waals surface area contributed by atoms with Crippen LogP contribution in [0.2, 0.25) is 0 Å². The number of halogens is 1. The Morgan fingerprint density at radius 2 is 1.40 bits per heavy atom. The molecule has 0 aliphatic heterocycles. The fraction of sp³-hybridized carbons (Fsp3) is 0.667. The van der Waals surface area contributed by atoms with Crippen molar-refractivity contribution in [3.63, 3.8) is 0 Å². The van der Waals surface area contributed by atoms with Gasteiger partial charge in [0.1, 0.15) is 0 Å². The summed E-state index contributed by atoms with van der Waals surface area (Å²) in [5.41, 5.74) is 0.643. The maximum absolute atomic E-state index is 13.5. The molecule has 2 heteroatoms. The predicted octanol–water partition coefficient (Wildman–Crippen LogP) is 5.99. The van der Waals surface area contributed by atoms with E-state index in [1.54, 1.807) is 12.1 Å². The maximum Gasteiger partial charge on any atom is 0.167 e. The number of hydrogen-bond acceptors (Lipinski definition) is 1. The standard InChI is InChI=1S/C18H29FO/c1-2-3-4-5-6-7-8-9-10-11-13-16-14-12-15-17(20)18(16)19/h12,14-15,20H,2-11,13H2,1H3. The molecular weight excluding hydrogens is 251 g/mol. The van der Waals surface area contributed by atoms with Gasteiger partial charge in [0, 0.05) is 0 Å². The molecule has 1 aromatic rings. The van der Waals surface area contributed by atoms with Crippen molar-refractivity contribution >= 4 is 0 Å². The van der Waals surface area contributed by atoms with Gasteiger partial charge in [-0.05, 0) is 24.5 Å². The Kier molecular flexibility index (Phi) is 9.10. The van der Waals surface area contributed by atoms with Crippen LogP contribution in [0.15, 0.2) is 18.2 Å². The van der Waals surface area contributed by atoms with Crippen LogP contribution < -0.4 is 0 Å². The Bertz CT molecular complexity index is 362. The van der Waals surface area contributed by atoms with E-state index < -0.39 is 5.82 Å². The van der Waals surface area contributed by atoms with Crippen LogP contribution in [0.25, 0.3) is 0 Å². The molecule has 0 saturated heterocycles. The summed E-state index contributed by atoms with van der Waals surface area (Å²) in [6.07, 6.45) is 13.6. The molecule has 1 N–H and O–H groups in total. The smallest absolute Gasteiger partial charge is 0.167 e. The van der Waals surface area contributed by atoms with E-state index in [1.807, 2.05) is 0 Å². The summed E-state index contributed by atoms with van der Waals surface area (Å²) in [7, 11) is 0. The summed E-state index contributed by atoms with van der Waals surface area (Å²) in [5.74, 6) is -0.669. The second-order valence-corrected chi connectivity index (χ2v) is 5.68. The fourth-order valence-electron chi connectivity index (χ4n) is 2.56. The first-order chi connectivity index (χ1) is 9.75. The van der Waals surface area contributed by atoms with Gasteiger partial charge in [0.15, 0.2) is 11.6 Å². The Balaban J connectivity index is 1.98. The topological polar surface area (TPSA) is 20.2 Å². The van der Waals surface area contributed by atoms with E-state index >= 15 is 0 Å². The van der Waals surface area contributed by atoms with Crippen LogP contribution in [0, 0.1) is 5.82 Å². The molecule has 1 nitrogen and oxygen atoms in total. The molecule has 114 valence electrons. The molecule has 0 aliphatic rings. The van der Waals surface area contributed by atoms with E-state index in [0.717, 1.165) is 19.3 Å². The van der Waals surface area contributed by atoms with Crippen LogP contribution in [-0.4, -0.2) is 5.11 Å². The highest BCUT2D eigenvalue weighted by atomic mass is 19.1. The highest BCUT2D eigenvalue weighted by Crippen LogP contribution is 2.20. The third-order valence-corrected chi connectivity index (χ3v) is 3.86. The Labute approximate surface area is 123 Å². The quantitative estimate of drug-likeness (QED) is 0.493. The molecule has 0 aromatic heterocycles. The van der Waals surface area contributed by atoms with Gasteiger partial charge in [0.25, 0.3) is 0 Å². The second-order valence-electron chi connectivity index (χ2n) is 5.68. The summed E-state index contributed by atoms with van der Waals surface area (Å²) < 4.78 is 13.5. The van der Waals surface area contributed by atoms with Crippen LogP contribution in [0.5, 0.6) is 5.75 Å². The predicted molar refractivity (Wildman–Crippen MR) is 83.6 cm³/mol. The first-order valence-corrected chi connectivity index (χ1v) is 8.22. The number of hydrogen-bond donors (Lipinski definition) is 1. The van der Waals surface area contributed by atoms with Crippen LogP contribution in [0.4, 0.5) is 4.39 Å². The van der Waals surface area contributed by atoms with E-state index in [2.05, 4.69) is 6.92 Å². The molecule has 0 atom stereocenters. The third kappa shape index (κ3) is 6.93. The molecule has 0 amide bonds. The molecule has 0 radical (unpaired) electrons. The van der Waals surface area contributed by atoms with Gasteiger partial charge in [-0.15, -0.1) is 0 Å². The summed E-state index contributed by atoms with van der Waals surface area (Å²) in [5, 5.41) is 9.29. The van der Waals surface area contributed by atoms with Crippen molar-refractivity contribution in [3.05, 3.63) is 29.6 Å². The zero-order valence-electron chi connectivity index (χ0n) is 12.8. The average molecular weight is 280 g/mol. The normalized spacial score (nSPS) is 10.9. The van der Waals surface area contributed by atoms with Crippen LogP contribution in [0.3, 0.4) is 0 Å². The van der Waals surface area contributed by atoms with Gasteiger partial charge in [0.2, 0.25) is 0 Å². The van der Waals surface area contributed by atoms with Gasteiger partial charge in [0.05, 0.1) is 0 Å². The maximum atomic E-state index is 13.5. The largest absolute Gasteiger partial charge is 0.505 e. The van der Waals surface area contributed by atoms with Crippen molar-refractivity contribution < 1.29 is 9.50 Å². The first-order valence-electron chi connectivity index (χ1n) is 8.22. The Morgan fingerprint density at radius 1 is 0.850 bits per heavy atom. The molecule has 0 spiro atoms. The number of rotatable bonds is 11. The lowest BCUT2D eigenvalue weighted by molar-refractivity contribution is 0.427. The van der Waals surface area contributed by atoms with E-state index in [4.69, 9.17) is 0 Å². The highest BCUT2D eigenvalue weighted by molar-refractivity contribution is 5.29. The molecule has 0 heterocycles. The lowest BCUT2D eigenvalue weighted by Crippen LogP contribution is -1.91. The number of benzene rings is 1.